The SMILES string of the molecule is CC(=O)N1CCC(NC2C[C@H](C)Sc3sccc32)CC1. The molecule has 0 radical (unpaired) electrons. The van der Waals surface area contributed by atoms with Crippen LogP contribution in [-0.4, -0.2) is 35.2 Å². The van der Waals surface area contributed by atoms with E-state index in [4.69, 9.17) is 0 Å². The average molecular weight is 310 g/mol. The van der Waals surface area contributed by atoms with E-state index in [0.29, 0.717) is 17.3 Å². The highest BCUT2D eigenvalue weighted by Crippen LogP contribution is 2.44. The van der Waals surface area contributed by atoms with Crippen LogP contribution in [-0.2, 0) is 4.79 Å². The topological polar surface area (TPSA) is 32.3 Å². The van der Waals surface area contributed by atoms with E-state index in [1.807, 2.05) is 28.0 Å². The third-order valence-corrected chi connectivity index (χ3v) is 6.63. The van der Waals surface area contributed by atoms with Gasteiger partial charge in [0.2, 0.25) is 5.91 Å². The van der Waals surface area contributed by atoms with Gasteiger partial charge < -0.3 is 10.2 Å². The number of amides is 1. The van der Waals surface area contributed by atoms with Gasteiger partial charge in [0, 0.05) is 37.3 Å². The summed E-state index contributed by atoms with van der Waals surface area (Å²) in [6, 6.07) is 3.33. The Balaban J connectivity index is 1.61. The van der Waals surface area contributed by atoms with E-state index in [9.17, 15) is 4.79 Å². The molecule has 20 heavy (non-hydrogen) atoms. The number of hydrogen-bond acceptors (Lipinski definition) is 4. The molecule has 0 bridgehead atoms. The highest BCUT2D eigenvalue weighted by Gasteiger charge is 2.29. The molecule has 1 fully saturated rings. The van der Waals surface area contributed by atoms with E-state index in [1.54, 1.807) is 6.92 Å². The van der Waals surface area contributed by atoms with Gasteiger partial charge in [0.1, 0.15) is 0 Å². The van der Waals surface area contributed by atoms with Crippen molar-refractivity contribution in [3.8, 4) is 0 Å². The number of hydrogen-bond donors (Lipinski definition) is 1. The molecular weight excluding hydrogens is 288 g/mol. The minimum atomic E-state index is 0.214. The van der Waals surface area contributed by atoms with Crippen molar-refractivity contribution >= 4 is 29.0 Å². The molecule has 5 heteroatoms. The molecule has 1 unspecified atom stereocenters. The van der Waals surface area contributed by atoms with Gasteiger partial charge in [0.15, 0.2) is 0 Å². The fourth-order valence-electron chi connectivity index (χ4n) is 3.15. The van der Waals surface area contributed by atoms with Gasteiger partial charge in [-0.2, -0.15) is 0 Å². The zero-order chi connectivity index (χ0) is 14.1. The molecule has 1 saturated heterocycles. The lowest BCUT2D eigenvalue weighted by Crippen LogP contribution is -2.45. The molecule has 1 aromatic heterocycles. The number of thioether (sulfide) groups is 1. The van der Waals surface area contributed by atoms with Crippen molar-refractivity contribution in [2.45, 2.75) is 54.7 Å². The number of likely N-dealkylation sites (tertiary alicyclic amines) is 1. The predicted octanol–water partition coefficient (Wildman–Crippen LogP) is 3.27. The Morgan fingerprint density at radius 1 is 1.40 bits per heavy atom. The lowest BCUT2D eigenvalue weighted by atomic mass is 9.99. The Labute approximate surface area is 129 Å². The molecule has 0 spiro atoms. The van der Waals surface area contributed by atoms with Crippen LogP contribution in [0.1, 0.15) is 44.7 Å². The van der Waals surface area contributed by atoms with Crippen LogP contribution in [0.5, 0.6) is 0 Å². The first kappa shape index (κ1) is 14.4. The van der Waals surface area contributed by atoms with E-state index in [-0.39, 0.29) is 5.91 Å². The molecule has 3 heterocycles. The highest BCUT2D eigenvalue weighted by atomic mass is 32.2. The number of thiophene rings is 1. The lowest BCUT2D eigenvalue weighted by Gasteiger charge is -2.36. The van der Waals surface area contributed by atoms with Crippen molar-refractivity contribution in [2.75, 3.05) is 13.1 Å². The molecule has 0 aliphatic carbocycles. The van der Waals surface area contributed by atoms with Crippen molar-refractivity contribution in [3.05, 3.63) is 17.0 Å². The van der Waals surface area contributed by atoms with Crippen LogP contribution in [0.4, 0.5) is 0 Å². The summed E-state index contributed by atoms with van der Waals surface area (Å²) in [5, 5.41) is 6.75. The first-order chi connectivity index (χ1) is 9.63. The van der Waals surface area contributed by atoms with E-state index in [0.717, 1.165) is 25.9 Å². The smallest absolute Gasteiger partial charge is 0.219 e. The van der Waals surface area contributed by atoms with Gasteiger partial charge in [-0.1, -0.05) is 6.92 Å². The van der Waals surface area contributed by atoms with Gasteiger partial charge in [-0.3, -0.25) is 4.79 Å². The van der Waals surface area contributed by atoms with E-state index < -0.39 is 0 Å². The fourth-order valence-corrected chi connectivity index (χ4v) is 5.72. The van der Waals surface area contributed by atoms with Gasteiger partial charge in [-0.15, -0.1) is 23.1 Å². The maximum Gasteiger partial charge on any atom is 0.219 e. The summed E-state index contributed by atoms with van der Waals surface area (Å²) >= 11 is 3.88. The van der Waals surface area contributed by atoms with E-state index in [1.165, 1.54) is 16.2 Å². The quantitative estimate of drug-likeness (QED) is 0.910. The molecule has 1 aromatic rings. The summed E-state index contributed by atoms with van der Waals surface area (Å²) in [6.07, 6.45) is 3.37. The summed E-state index contributed by atoms with van der Waals surface area (Å²) in [5.74, 6) is 0.214. The van der Waals surface area contributed by atoms with Crippen LogP contribution >= 0.6 is 23.1 Å². The number of nitrogens with zero attached hydrogens (tertiary/aromatic N) is 1. The number of fused-ring (bicyclic) bond motifs is 1. The summed E-state index contributed by atoms with van der Waals surface area (Å²) in [7, 11) is 0. The normalized spacial score (nSPS) is 27.4. The van der Waals surface area contributed by atoms with Crippen molar-refractivity contribution in [1.29, 1.82) is 0 Å². The molecule has 2 aliphatic rings. The summed E-state index contributed by atoms with van der Waals surface area (Å²) in [6.45, 7) is 5.80. The number of rotatable bonds is 2. The molecule has 3 rings (SSSR count). The Kier molecular flexibility index (Phi) is 4.38. The van der Waals surface area contributed by atoms with E-state index in [2.05, 4.69) is 23.7 Å². The number of nitrogens with one attached hydrogen (secondary N) is 1. The standard InChI is InChI=1S/C15H22N2OS2/c1-10-9-14(13-5-8-19-15(13)20-10)16-12-3-6-17(7-4-12)11(2)18/h5,8,10,12,14,16H,3-4,6-7,9H2,1-2H3/t10-,14?/m0/s1. The minimum absolute atomic E-state index is 0.214. The monoisotopic (exact) mass is 310 g/mol. The van der Waals surface area contributed by atoms with Crippen molar-refractivity contribution in [2.24, 2.45) is 0 Å². The van der Waals surface area contributed by atoms with Crippen molar-refractivity contribution < 1.29 is 4.79 Å². The lowest BCUT2D eigenvalue weighted by molar-refractivity contribution is -0.129. The van der Waals surface area contributed by atoms with Crippen LogP contribution in [0.15, 0.2) is 15.7 Å². The van der Waals surface area contributed by atoms with Gasteiger partial charge in [0.05, 0.1) is 4.21 Å². The molecule has 2 aliphatic heterocycles. The highest BCUT2D eigenvalue weighted by molar-refractivity contribution is 8.01. The maximum absolute atomic E-state index is 11.4. The zero-order valence-electron chi connectivity index (χ0n) is 12.1. The van der Waals surface area contributed by atoms with Crippen LogP contribution in [0, 0.1) is 0 Å². The van der Waals surface area contributed by atoms with Crippen molar-refractivity contribution in [1.82, 2.24) is 10.2 Å². The molecular formula is C15H22N2OS2. The van der Waals surface area contributed by atoms with E-state index >= 15 is 0 Å². The fraction of sp³-hybridized carbons (Fsp3) is 0.667. The van der Waals surface area contributed by atoms with Crippen LogP contribution < -0.4 is 5.32 Å². The second-order valence-electron chi connectivity index (χ2n) is 5.83. The number of carbonyl (C=O) groups excluding carboxylic acids is 1. The van der Waals surface area contributed by atoms with Crippen LogP contribution in [0.2, 0.25) is 0 Å². The molecule has 3 nitrogen and oxygen atoms in total. The first-order valence-electron chi connectivity index (χ1n) is 7.39. The second kappa shape index (κ2) is 6.08. The molecule has 1 amide bonds. The third-order valence-electron chi connectivity index (χ3n) is 4.29. The third kappa shape index (κ3) is 3.05. The number of carbonyl (C=O) groups is 1. The molecule has 0 saturated carbocycles. The number of piperidine rings is 1. The first-order valence-corrected chi connectivity index (χ1v) is 9.15. The summed E-state index contributed by atoms with van der Waals surface area (Å²) in [5.41, 5.74) is 1.49. The van der Waals surface area contributed by atoms with Gasteiger partial charge in [-0.05, 0) is 36.3 Å². The molecule has 1 N–H and O–H groups in total. The maximum atomic E-state index is 11.4. The van der Waals surface area contributed by atoms with Gasteiger partial charge >= 0.3 is 0 Å². The summed E-state index contributed by atoms with van der Waals surface area (Å²) < 4.78 is 1.49. The minimum Gasteiger partial charge on any atom is -0.343 e. The molecule has 2 atom stereocenters. The van der Waals surface area contributed by atoms with Crippen molar-refractivity contribution in [3.63, 3.8) is 0 Å². The van der Waals surface area contributed by atoms with Crippen LogP contribution in [0.25, 0.3) is 0 Å². The van der Waals surface area contributed by atoms with Gasteiger partial charge in [-0.25, -0.2) is 0 Å². The van der Waals surface area contributed by atoms with Gasteiger partial charge in [0.25, 0.3) is 0 Å². The zero-order valence-corrected chi connectivity index (χ0v) is 13.7. The molecule has 0 aromatic carbocycles. The Hall–Kier alpha value is -0.520. The molecule has 110 valence electrons. The Morgan fingerprint density at radius 3 is 2.85 bits per heavy atom. The summed E-state index contributed by atoms with van der Waals surface area (Å²) in [4.78, 5) is 13.3. The Bertz CT molecular complexity index is 480. The largest absolute Gasteiger partial charge is 0.343 e. The Morgan fingerprint density at radius 2 is 2.15 bits per heavy atom. The van der Waals surface area contributed by atoms with Crippen LogP contribution in [0.3, 0.4) is 0 Å². The predicted molar refractivity (Wildman–Crippen MR) is 85.4 cm³/mol. The average Bonchev–Trinajstić information content (AvgIpc) is 2.87. The second-order valence-corrected chi connectivity index (χ2v) is 8.45.